The van der Waals surface area contributed by atoms with Crippen LogP contribution < -0.4 is 10.6 Å². The third-order valence-electron chi connectivity index (χ3n) is 13.0. The van der Waals surface area contributed by atoms with Crippen molar-refractivity contribution in [3.05, 3.63) is 66.0 Å². The number of amides is 1. The number of cyclic esters (lactones) is 1. The normalized spacial score (nSPS) is 34.2. The van der Waals surface area contributed by atoms with Crippen LogP contribution in [-0.2, 0) is 44.6 Å². The first-order valence-electron chi connectivity index (χ1n) is 21.7. The van der Waals surface area contributed by atoms with Gasteiger partial charge in [0, 0.05) is 36.8 Å². The summed E-state index contributed by atoms with van der Waals surface area (Å²) in [6.07, 6.45) is 2.21. The number of nitrogens with zero attached hydrogens (tertiary/aromatic N) is 2. The van der Waals surface area contributed by atoms with Crippen LogP contribution in [0.3, 0.4) is 0 Å². The van der Waals surface area contributed by atoms with Crippen molar-refractivity contribution in [3.8, 4) is 11.1 Å². The number of aliphatic hydroxyl groups excluding tert-OH is 1. The Balaban J connectivity index is 1.40. The first-order chi connectivity index (χ1) is 28.8. The van der Waals surface area contributed by atoms with Crippen molar-refractivity contribution < 1.29 is 48.0 Å². The average Bonchev–Trinajstić information content (AvgIpc) is 3.54. The van der Waals surface area contributed by atoms with E-state index in [4.69, 9.17) is 23.7 Å². The standard InChI is InChI=1S/C47H68N4O10/c1-12-37-47(9)41(50-45(56)61-47)29(4)35(19-22-57-38(52)26-49-25-32-13-15-33(16-14-32)34-17-20-48-21-18-34)27(2)24-46(7,8)42(30(5)39(53)31(6)43(55)59-37)60-44-40(54)36(51(10)11)23-28(3)58-44/h13-21,27-31,36-37,40-42,44,49,54H,12,22-26H2,1-11H3,(H,50,56)/b35-19+/t27-,28-,29+,30+,31-,36+,37-,40-,41-,42-,44+,47-/m1/s1. The van der Waals surface area contributed by atoms with E-state index in [9.17, 15) is 24.3 Å². The quantitative estimate of drug-likeness (QED) is 0.106. The van der Waals surface area contributed by atoms with Crippen LogP contribution in [0.5, 0.6) is 0 Å². The number of Topliss-reactive ketones (excluding diaryl/α,β-unsaturated/α-hetero) is 1. The van der Waals surface area contributed by atoms with Crippen LogP contribution in [0.15, 0.2) is 60.4 Å². The van der Waals surface area contributed by atoms with Gasteiger partial charge < -0.3 is 44.3 Å². The van der Waals surface area contributed by atoms with Crippen molar-refractivity contribution in [2.75, 3.05) is 27.2 Å². The molecule has 12 atom stereocenters. The molecule has 1 aromatic heterocycles. The molecule has 3 N–H and O–H groups in total. The highest BCUT2D eigenvalue weighted by atomic mass is 16.7. The molecule has 3 saturated heterocycles. The Kier molecular flexibility index (Phi) is 15.9. The highest BCUT2D eigenvalue weighted by Gasteiger charge is 2.56. The summed E-state index contributed by atoms with van der Waals surface area (Å²) in [5.41, 5.74) is 2.00. The van der Waals surface area contributed by atoms with Gasteiger partial charge in [-0.15, -0.1) is 0 Å². The summed E-state index contributed by atoms with van der Waals surface area (Å²) < 4.78 is 30.7. The number of ether oxygens (including phenoxy) is 5. The molecular weight excluding hydrogens is 781 g/mol. The number of carbonyl (C=O) groups excluding carboxylic acids is 4. The van der Waals surface area contributed by atoms with Crippen molar-refractivity contribution in [1.82, 2.24) is 20.5 Å². The van der Waals surface area contributed by atoms with E-state index in [2.05, 4.69) is 22.5 Å². The fraction of sp³-hybridized carbons (Fsp3) is 0.638. The number of carbonyl (C=O) groups is 4. The zero-order chi connectivity index (χ0) is 44.8. The van der Waals surface area contributed by atoms with Crippen molar-refractivity contribution in [2.24, 2.45) is 29.1 Å². The molecule has 0 spiro atoms. The number of rotatable bonds is 11. The van der Waals surface area contributed by atoms with Crippen molar-refractivity contribution in [2.45, 2.75) is 137 Å². The van der Waals surface area contributed by atoms with E-state index in [0.29, 0.717) is 25.8 Å². The van der Waals surface area contributed by atoms with Gasteiger partial charge in [0.05, 0.1) is 24.8 Å². The zero-order valence-electron chi connectivity index (χ0n) is 37.8. The van der Waals surface area contributed by atoms with Crippen LogP contribution in [0.4, 0.5) is 4.79 Å². The van der Waals surface area contributed by atoms with Gasteiger partial charge in [-0.1, -0.05) is 71.4 Å². The molecule has 5 rings (SSSR count). The summed E-state index contributed by atoms with van der Waals surface area (Å²) in [5.74, 6) is -4.09. The van der Waals surface area contributed by atoms with Crippen molar-refractivity contribution in [3.63, 3.8) is 0 Å². The Morgan fingerprint density at radius 3 is 2.30 bits per heavy atom. The number of nitrogens with one attached hydrogen (secondary N) is 2. The maximum absolute atomic E-state index is 14.3. The first kappa shape index (κ1) is 47.8. The maximum atomic E-state index is 14.3. The van der Waals surface area contributed by atoms with Gasteiger partial charge in [0.15, 0.2) is 17.7 Å². The lowest BCUT2D eigenvalue weighted by Gasteiger charge is -2.47. The largest absolute Gasteiger partial charge is 0.460 e. The van der Waals surface area contributed by atoms with E-state index in [-0.39, 0.29) is 42.9 Å². The molecular formula is C47H68N4O10. The molecule has 2 aromatic rings. The maximum Gasteiger partial charge on any atom is 0.408 e. The molecule has 14 nitrogen and oxygen atoms in total. The summed E-state index contributed by atoms with van der Waals surface area (Å²) in [6, 6.07) is 11.1. The molecule has 1 amide bonds. The van der Waals surface area contributed by atoms with Gasteiger partial charge in [0.1, 0.15) is 24.7 Å². The van der Waals surface area contributed by atoms with E-state index in [1.165, 1.54) is 6.92 Å². The van der Waals surface area contributed by atoms with Gasteiger partial charge in [-0.25, -0.2) is 4.79 Å². The topological polar surface area (TPSA) is 175 Å². The second kappa shape index (κ2) is 20.3. The lowest BCUT2D eigenvalue weighted by atomic mass is 9.68. The molecule has 3 fully saturated rings. The monoisotopic (exact) mass is 848 g/mol. The minimum absolute atomic E-state index is 0.00664. The summed E-state index contributed by atoms with van der Waals surface area (Å²) in [6.45, 7) is 17.3. The SMILES string of the molecule is CC[C@H]1OC(=O)[C@H](C)C(=O)[C@H](C)[C@@H](O[C@@H]2O[C@H](C)C[C@H](N(C)C)[C@H]2O)C(C)(C)C[C@@H](C)/C(=C\COC(=O)CNCc2ccc(-c3ccncc3)cc2)[C@H](C)[C@H]2NC(=O)O[C@@]21C. The number of aromatic nitrogens is 1. The molecule has 0 aliphatic carbocycles. The third kappa shape index (κ3) is 11.2. The number of fused-ring (bicyclic) bond motifs is 1. The minimum Gasteiger partial charge on any atom is -0.460 e. The van der Waals surface area contributed by atoms with Gasteiger partial charge in [0.25, 0.3) is 0 Å². The van der Waals surface area contributed by atoms with Crippen LogP contribution in [0.1, 0.15) is 87.1 Å². The number of alkyl carbamates (subject to hydrolysis) is 1. The summed E-state index contributed by atoms with van der Waals surface area (Å²) in [5, 5.41) is 17.7. The van der Waals surface area contributed by atoms with E-state index < -0.39 is 71.5 Å². The smallest absolute Gasteiger partial charge is 0.408 e. The Labute approximate surface area is 361 Å². The van der Waals surface area contributed by atoms with Gasteiger partial charge in [-0.05, 0) is 100 Å². The van der Waals surface area contributed by atoms with Gasteiger partial charge in [0.2, 0.25) is 0 Å². The van der Waals surface area contributed by atoms with Gasteiger partial charge in [-0.3, -0.25) is 19.4 Å². The zero-order valence-corrected chi connectivity index (χ0v) is 37.8. The number of hydrogen-bond donors (Lipinski definition) is 3. The lowest BCUT2D eigenvalue weighted by Crippen LogP contribution is -2.57. The van der Waals surface area contributed by atoms with Crippen molar-refractivity contribution in [1.29, 1.82) is 0 Å². The molecule has 1 aromatic carbocycles. The number of likely N-dealkylation sites (N-methyl/N-ethyl adjacent to an activating group) is 1. The summed E-state index contributed by atoms with van der Waals surface area (Å²) in [7, 11) is 3.80. The molecule has 14 heteroatoms. The first-order valence-corrected chi connectivity index (χ1v) is 21.7. The molecule has 0 radical (unpaired) electrons. The molecule has 336 valence electrons. The van der Waals surface area contributed by atoms with Gasteiger partial charge in [-0.2, -0.15) is 0 Å². The molecule has 0 bridgehead atoms. The summed E-state index contributed by atoms with van der Waals surface area (Å²) >= 11 is 0. The van der Waals surface area contributed by atoms with Crippen LogP contribution >= 0.6 is 0 Å². The van der Waals surface area contributed by atoms with Crippen molar-refractivity contribution >= 4 is 23.8 Å². The van der Waals surface area contributed by atoms with Crippen LogP contribution in [0, 0.1) is 29.1 Å². The molecule has 61 heavy (non-hydrogen) atoms. The third-order valence-corrected chi connectivity index (χ3v) is 13.0. The number of benzene rings is 1. The highest BCUT2D eigenvalue weighted by Crippen LogP contribution is 2.44. The minimum atomic E-state index is -1.29. The average molecular weight is 849 g/mol. The van der Waals surface area contributed by atoms with Gasteiger partial charge >= 0.3 is 18.0 Å². The van der Waals surface area contributed by atoms with E-state index in [1.807, 2.05) is 96.1 Å². The fourth-order valence-corrected chi connectivity index (χ4v) is 9.74. The lowest BCUT2D eigenvalue weighted by molar-refractivity contribution is -0.285. The molecule has 0 saturated carbocycles. The van der Waals surface area contributed by atoms with Crippen LogP contribution in [-0.4, -0.2) is 114 Å². The number of aliphatic hydroxyl groups is 1. The number of hydrogen-bond acceptors (Lipinski definition) is 13. The molecule has 4 heterocycles. The number of pyridine rings is 1. The Hall–Kier alpha value is -4.21. The summed E-state index contributed by atoms with van der Waals surface area (Å²) in [4.78, 5) is 60.3. The Morgan fingerprint density at radius 2 is 1.66 bits per heavy atom. The van der Waals surface area contributed by atoms with Crippen LogP contribution in [0.25, 0.3) is 11.1 Å². The predicted molar refractivity (Wildman–Crippen MR) is 230 cm³/mol. The molecule has 3 aliphatic rings. The molecule has 3 aliphatic heterocycles. The fourth-order valence-electron chi connectivity index (χ4n) is 9.74. The highest BCUT2D eigenvalue weighted by molar-refractivity contribution is 6.00. The van der Waals surface area contributed by atoms with E-state index in [0.717, 1.165) is 22.3 Å². The number of esters is 2. The van der Waals surface area contributed by atoms with E-state index >= 15 is 0 Å². The number of ketones is 1. The van der Waals surface area contributed by atoms with Crippen LogP contribution in [0.2, 0.25) is 0 Å². The second-order valence-electron chi connectivity index (χ2n) is 18.4. The predicted octanol–water partition coefficient (Wildman–Crippen LogP) is 5.85. The van der Waals surface area contributed by atoms with E-state index in [1.54, 1.807) is 26.2 Å². The second-order valence-corrected chi connectivity index (χ2v) is 18.4. The molecule has 0 unspecified atom stereocenters. The Morgan fingerprint density at radius 1 is 1.00 bits per heavy atom. The Bertz CT molecular complexity index is 1850.